The number of aromatic nitrogens is 3. The molecule has 3 aromatic heterocycles. The molecular formula is C23H20FN5O. The van der Waals surface area contributed by atoms with Crippen LogP contribution in [-0.4, -0.2) is 26.8 Å². The highest BCUT2D eigenvalue weighted by Gasteiger charge is 2.26. The average Bonchev–Trinajstić information content (AvgIpc) is 2.80. The van der Waals surface area contributed by atoms with Gasteiger partial charge < -0.3 is 15.3 Å². The molecule has 0 aliphatic carbocycles. The Bertz CT molecular complexity index is 1040. The maximum absolute atomic E-state index is 13.7. The summed E-state index contributed by atoms with van der Waals surface area (Å²) in [6, 6.07) is 19.1. The van der Waals surface area contributed by atoms with Crippen LogP contribution in [0.2, 0.25) is 0 Å². The maximum Gasteiger partial charge on any atom is 0.136 e. The molecule has 6 nitrogen and oxygen atoms in total. The van der Waals surface area contributed by atoms with Gasteiger partial charge in [0.1, 0.15) is 24.2 Å². The molecule has 0 spiro atoms. The molecule has 0 aliphatic heterocycles. The third-order valence-electron chi connectivity index (χ3n) is 4.60. The summed E-state index contributed by atoms with van der Waals surface area (Å²) in [5, 5.41) is 12.1. The smallest absolute Gasteiger partial charge is 0.136 e. The first-order valence-electron chi connectivity index (χ1n) is 9.42. The molecule has 0 saturated heterocycles. The lowest BCUT2D eigenvalue weighted by Gasteiger charge is -2.33. The zero-order valence-corrected chi connectivity index (χ0v) is 16.1. The Morgan fingerprint density at radius 3 is 2.10 bits per heavy atom. The van der Waals surface area contributed by atoms with Crippen LogP contribution in [0.25, 0.3) is 0 Å². The fraction of sp³-hybridized carbons (Fsp3) is 0.0870. The van der Waals surface area contributed by atoms with Gasteiger partial charge in [0.05, 0.1) is 6.04 Å². The van der Waals surface area contributed by atoms with Crippen molar-refractivity contribution in [1.29, 1.82) is 0 Å². The molecule has 3 heterocycles. The van der Waals surface area contributed by atoms with E-state index < -0.39 is 0 Å². The van der Waals surface area contributed by atoms with Gasteiger partial charge in [-0.05, 0) is 59.7 Å². The molecule has 0 saturated carbocycles. The summed E-state index contributed by atoms with van der Waals surface area (Å²) in [6.45, 7) is -0.234. The van der Waals surface area contributed by atoms with Crippen LogP contribution in [0.5, 0.6) is 0 Å². The van der Waals surface area contributed by atoms with E-state index in [1.165, 1.54) is 12.1 Å². The predicted octanol–water partition coefficient (Wildman–Crippen LogP) is 4.30. The first kappa shape index (κ1) is 19.5. The van der Waals surface area contributed by atoms with Gasteiger partial charge in [-0.15, -0.1) is 0 Å². The van der Waals surface area contributed by atoms with Gasteiger partial charge in [0.15, 0.2) is 0 Å². The Morgan fingerprint density at radius 2 is 1.53 bits per heavy atom. The lowest BCUT2D eigenvalue weighted by Crippen LogP contribution is -2.26. The standard InChI is InChI=1S/C23H20FN5O/c24-19-8-10-20(11-9-19)29(22-7-1-6-21(28-22)27-16-30)23(17-4-2-12-25-14-17)18-5-3-13-26-15-18/h1-15,23,30H,16H2,(H,27,28). The number of nitrogens with zero attached hydrogens (tertiary/aromatic N) is 4. The van der Waals surface area contributed by atoms with Crippen molar-refractivity contribution in [3.05, 3.63) is 108 Å². The van der Waals surface area contributed by atoms with Crippen molar-refractivity contribution < 1.29 is 9.50 Å². The van der Waals surface area contributed by atoms with Crippen molar-refractivity contribution in [1.82, 2.24) is 15.0 Å². The summed E-state index contributed by atoms with van der Waals surface area (Å²) in [7, 11) is 0. The quantitative estimate of drug-likeness (QED) is 0.450. The van der Waals surface area contributed by atoms with Gasteiger partial charge in [0.2, 0.25) is 0 Å². The SMILES string of the molecule is OCNc1cccc(N(c2ccc(F)cc2)C(c2cccnc2)c2cccnc2)n1. The minimum atomic E-state index is -0.318. The van der Waals surface area contributed by atoms with E-state index in [0.29, 0.717) is 11.6 Å². The molecule has 150 valence electrons. The van der Waals surface area contributed by atoms with Crippen LogP contribution < -0.4 is 10.2 Å². The predicted molar refractivity (Wildman–Crippen MR) is 114 cm³/mol. The topological polar surface area (TPSA) is 74.2 Å². The molecule has 0 amide bonds. The van der Waals surface area contributed by atoms with Gasteiger partial charge in [-0.2, -0.15) is 0 Å². The number of pyridine rings is 3. The Hall–Kier alpha value is -3.84. The molecule has 0 unspecified atom stereocenters. The number of halogens is 1. The van der Waals surface area contributed by atoms with E-state index >= 15 is 0 Å². The maximum atomic E-state index is 13.7. The van der Waals surface area contributed by atoms with E-state index in [0.717, 1.165) is 16.8 Å². The number of benzene rings is 1. The number of anilines is 3. The van der Waals surface area contributed by atoms with Gasteiger partial charge in [-0.25, -0.2) is 9.37 Å². The van der Waals surface area contributed by atoms with E-state index in [9.17, 15) is 9.50 Å². The molecule has 4 rings (SSSR count). The van der Waals surface area contributed by atoms with E-state index in [1.54, 1.807) is 43.0 Å². The summed E-state index contributed by atoms with van der Waals surface area (Å²) in [5.74, 6) is 0.831. The largest absolute Gasteiger partial charge is 0.377 e. The highest BCUT2D eigenvalue weighted by atomic mass is 19.1. The van der Waals surface area contributed by atoms with E-state index in [1.807, 2.05) is 41.3 Å². The second kappa shape index (κ2) is 9.11. The van der Waals surface area contributed by atoms with Gasteiger partial charge in [-0.1, -0.05) is 18.2 Å². The Balaban J connectivity index is 1.92. The number of nitrogens with one attached hydrogen (secondary N) is 1. The van der Waals surface area contributed by atoms with Crippen molar-refractivity contribution in [2.24, 2.45) is 0 Å². The van der Waals surface area contributed by atoms with Crippen LogP contribution in [0.3, 0.4) is 0 Å². The van der Waals surface area contributed by atoms with E-state index in [4.69, 9.17) is 0 Å². The van der Waals surface area contributed by atoms with Crippen LogP contribution in [0.15, 0.2) is 91.5 Å². The van der Waals surface area contributed by atoms with Gasteiger partial charge >= 0.3 is 0 Å². The molecule has 2 N–H and O–H groups in total. The van der Waals surface area contributed by atoms with Crippen molar-refractivity contribution in [2.45, 2.75) is 6.04 Å². The minimum Gasteiger partial charge on any atom is -0.377 e. The highest BCUT2D eigenvalue weighted by Crippen LogP contribution is 2.38. The second-order valence-electron chi connectivity index (χ2n) is 6.54. The number of aliphatic hydroxyl groups is 1. The van der Waals surface area contributed by atoms with Crippen molar-refractivity contribution in [3.8, 4) is 0 Å². The zero-order chi connectivity index (χ0) is 20.8. The molecule has 30 heavy (non-hydrogen) atoms. The van der Waals surface area contributed by atoms with Gasteiger partial charge in [0, 0.05) is 30.5 Å². The van der Waals surface area contributed by atoms with Crippen LogP contribution >= 0.6 is 0 Å². The van der Waals surface area contributed by atoms with Crippen molar-refractivity contribution in [3.63, 3.8) is 0 Å². The molecule has 0 atom stereocenters. The Kier molecular flexibility index (Phi) is 5.91. The summed E-state index contributed by atoms with van der Waals surface area (Å²) in [6.07, 6.45) is 7.03. The molecule has 0 radical (unpaired) electrons. The van der Waals surface area contributed by atoms with Crippen LogP contribution in [0.1, 0.15) is 17.2 Å². The lowest BCUT2D eigenvalue weighted by molar-refractivity contribution is 0.325. The van der Waals surface area contributed by atoms with E-state index in [-0.39, 0.29) is 18.6 Å². The third-order valence-corrected chi connectivity index (χ3v) is 4.60. The summed E-state index contributed by atoms with van der Waals surface area (Å²) in [5.41, 5.74) is 2.61. The fourth-order valence-electron chi connectivity index (χ4n) is 3.32. The summed E-state index contributed by atoms with van der Waals surface area (Å²) in [4.78, 5) is 15.2. The normalized spacial score (nSPS) is 10.8. The fourth-order valence-corrected chi connectivity index (χ4v) is 3.32. The molecule has 1 aromatic carbocycles. The second-order valence-corrected chi connectivity index (χ2v) is 6.54. The average molecular weight is 401 g/mol. The molecule has 7 heteroatoms. The molecule has 0 bridgehead atoms. The Morgan fingerprint density at radius 1 is 0.867 bits per heavy atom. The summed E-state index contributed by atoms with van der Waals surface area (Å²) < 4.78 is 13.7. The minimum absolute atomic E-state index is 0.234. The van der Waals surface area contributed by atoms with Gasteiger partial charge in [-0.3, -0.25) is 9.97 Å². The molecule has 4 aromatic rings. The lowest BCUT2D eigenvalue weighted by atomic mass is 9.99. The van der Waals surface area contributed by atoms with Crippen molar-refractivity contribution >= 4 is 17.3 Å². The summed E-state index contributed by atoms with van der Waals surface area (Å²) >= 11 is 0. The Labute approximate surface area is 173 Å². The van der Waals surface area contributed by atoms with Crippen LogP contribution in [0, 0.1) is 5.82 Å². The first-order chi connectivity index (χ1) is 14.8. The molecule has 0 aliphatic rings. The van der Waals surface area contributed by atoms with Crippen LogP contribution in [-0.2, 0) is 0 Å². The van der Waals surface area contributed by atoms with E-state index in [2.05, 4.69) is 20.3 Å². The number of aliphatic hydroxyl groups excluding tert-OH is 1. The van der Waals surface area contributed by atoms with Crippen molar-refractivity contribution in [2.75, 3.05) is 16.9 Å². The highest BCUT2D eigenvalue weighted by molar-refractivity contribution is 5.65. The molecule has 0 fully saturated rings. The first-order valence-corrected chi connectivity index (χ1v) is 9.42. The van der Waals surface area contributed by atoms with Crippen LogP contribution in [0.4, 0.5) is 21.7 Å². The zero-order valence-electron chi connectivity index (χ0n) is 16.1. The number of hydrogen-bond donors (Lipinski definition) is 2. The van der Waals surface area contributed by atoms with Gasteiger partial charge in [0.25, 0.3) is 0 Å². The number of hydrogen-bond acceptors (Lipinski definition) is 6. The monoisotopic (exact) mass is 401 g/mol. The molecular weight excluding hydrogens is 381 g/mol. The number of rotatable bonds is 7. The third kappa shape index (κ3) is 4.26.